The first kappa shape index (κ1) is 20.9. The summed E-state index contributed by atoms with van der Waals surface area (Å²) in [5.41, 5.74) is 4.46. The second-order valence-electron chi connectivity index (χ2n) is 6.95. The Hall–Kier alpha value is -2.87. The fourth-order valence-electron chi connectivity index (χ4n) is 3.26. The molecule has 0 radical (unpaired) electrons. The van der Waals surface area contributed by atoms with Crippen LogP contribution in [0.2, 0.25) is 0 Å². The van der Waals surface area contributed by atoms with Gasteiger partial charge in [0.1, 0.15) is 0 Å². The molecule has 1 aromatic heterocycles. The van der Waals surface area contributed by atoms with Gasteiger partial charge in [-0.15, -0.1) is 11.3 Å². The monoisotopic (exact) mass is 416 g/mol. The number of rotatable bonds is 6. The number of nitrogens with zero attached hydrogens (tertiary/aromatic N) is 1. The number of benzene rings is 1. The molecule has 0 bridgehead atoms. The molecule has 0 saturated carbocycles. The quantitative estimate of drug-likeness (QED) is 0.337. The Bertz CT molecular complexity index is 926. The van der Waals surface area contributed by atoms with Crippen molar-refractivity contribution in [3.63, 3.8) is 0 Å². The summed E-state index contributed by atoms with van der Waals surface area (Å²) in [7, 11) is 2.92. The fraction of sp³-hybridized carbons (Fsp3) is 0.381. The first-order valence-corrected chi connectivity index (χ1v) is 10.1. The van der Waals surface area contributed by atoms with Crippen LogP contribution in [-0.4, -0.2) is 32.3 Å². The Balaban J connectivity index is 1.73. The number of methoxy groups -OCH3 is 2. The zero-order chi connectivity index (χ0) is 21.0. The Morgan fingerprint density at radius 3 is 2.52 bits per heavy atom. The summed E-state index contributed by atoms with van der Waals surface area (Å²) >= 11 is 1.54. The Kier molecular flexibility index (Phi) is 6.53. The molecule has 8 heteroatoms. The van der Waals surface area contributed by atoms with Crippen LogP contribution >= 0.6 is 11.3 Å². The molecule has 1 amide bonds. The highest BCUT2D eigenvalue weighted by molar-refractivity contribution is 7.14. The maximum atomic E-state index is 12.4. The Morgan fingerprint density at radius 2 is 1.90 bits per heavy atom. The van der Waals surface area contributed by atoms with E-state index in [0.717, 1.165) is 12.8 Å². The molecule has 0 saturated heterocycles. The smallest absolute Gasteiger partial charge is 0.308 e. The standard InChI is InChI=1S/C21H24N2O5S/c1-12-5-6-18-15(7-12)10-19(29-18)21(25)23-22-11-14-8-16(26-3)20(28-13(2)24)17(9-14)27-4/h8-12H,5-7H2,1-4H3,(H,23,25)/b22-11-/t12-/m1/s1. The second-order valence-corrected chi connectivity index (χ2v) is 8.09. The summed E-state index contributed by atoms with van der Waals surface area (Å²) in [5.74, 6) is 0.792. The molecule has 3 rings (SSSR count). The minimum Gasteiger partial charge on any atom is -0.493 e. The van der Waals surface area contributed by atoms with Gasteiger partial charge in [0.2, 0.25) is 5.75 Å². The summed E-state index contributed by atoms with van der Waals surface area (Å²) in [6, 6.07) is 5.25. The molecule has 0 aliphatic heterocycles. The van der Waals surface area contributed by atoms with Crippen molar-refractivity contribution in [2.45, 2.75) is 33.1 Å². The summed E-state index contributed by atoms with van der Waals surface area (Å²) in [4.78, 5) is 25.7. The third kappa shape index (κ3) is 4.95. The Morgan fingerprint density at radius 1 is 1.21 bits per heavy atom. The van der Waals surface area contributed by atoms with Gasteiger partial charge in [-0.1, -0.05) is 6.92 Å². The van der Waals surface area contributed by atoms with E-state index in [9.17, 15) is 9.59 Å². The maximum absolute atomic E-state index is 12.4. The van der Waals surface area contributed by atoms with Crippen molar-refractivity contribution in [1.29, 1.82) is 0 Å². The van der Waals surface area contributed by atoms with Crippen LogP contribution in [-0.2, 0) is 17.6 Å². The lowest BCUT2D eigenvalue weighted by Gasteiger charge is -2.16. The number of fused-ring (bicyclic) bond motifs is 1. The molecule has 2 aromatic rings. The Labute approximate surface area is 173 Å². The van der Waals surface area contributed by atoms with E-state index in [0.29, 0.717) is 27.9 Å². The van der Waals surface area contributed by atoms with Gasteiger partial charge >= 0.3 is 5.97 Å². The van der Waals surface area contributed by atoms with Gasteiger partial charge in [0.05, 0.1) is 25.3 Å². The molecule has 1 aliphatic rings. The van der Waals surface area contributed by atoms with E-state index < -0.39 is 5.97 Å². The highest BCUT2D eigenvalue weighted by Crippen LogP contribution is 2.38. The maximum Gasteiger partial charge on any atom is 0.308 e. The molecular weight excluding hydrogens is 392 g/mol. The number of amides is 1. The molecular formula is C21H24N2O5S. The number of hydrazone groups is 1. The third-order valence-corrected chi connectivity index (χ3v) is 5.90. The van der Waals surface area contributed by atoms with Crippen molar-refractivity contribution in [3.05, 3.63) is 39.1 Å². The van der Waals surface area contributed by atoms with Crippen LogP contribution in [0.4, 0.5) is 0 Å². The number of thiophene rings is 1. The summed E-state index contributed by atoms with van der Waals surface area (Å²) in [6.07, 6.45) is 4.71. The van der Waals surface area contributed by atoms with Gasteiger partial charge in [-0.2, -0.15) is 5.10 Å². The molecule has 0 fully saturated rings. The first-order valence-electron chi connectivity index (χ1n) is 9.30. The predicted octanol–water partition coefficient (Wildman–Crippen LogP) is 3.58. The van der Waals surface area contributed by atoms with Gasteiger partial charge in [-0.3, -0.25) is 9.59 Å². The van der Waals surface area contributed by atoms with Crippen LogP contribution in [0.3, 0.4) is 0 Å². The highest BCUT2D eigenvalue weighted by atomic mass is 32.1. The van der Waals surface area contributed by atoms with Crippen molar-refractivity contribution in [1.82, 2.24) is 5.43 Å². The molecule has 1 aromatic carbocycles. The van der Waals surface area contributed by atoms with Crippen LogP contribution < -0.4 is 19.6 Å². The van der Waals surface area contributed by atoms with Gasteiger partial charge < -0.3 is 14.2 Å². The molecule has 1 N–H and O–H groups in total. The van der Waals surface area contributed by atoms with Crippen molar-refractivity contribution >= 4 is 29.4 Å². The number of esters is 1. The molecule has 0 unspecified atom stereocenters. The molecule has 1 heterocycles. The van der Waals surface area contributed by atoms with Crippen molar-refractivity contribution in [3.8, 4) is 17.2 Å². The van der Waals surface area contributed by atoms with Gasteiger partial charge in [-0.05, 0) is 48.9 Å². The van der Waals surface area contributed by atoms with Gasteiger partial charge in [-0.25, -0.2) is 5.43 Å². The molecule has 1 aliphatic carbocycles. The van der Waals surface area contributed by atoms with Gasteiger partial charge in [0.15, 0.2) is 11.5 Å². The SMILES string of the molecule is COc1cc(/C=N\NC(=O)c2cc3c(s2)CC[C@@H](C)C3)cc(OC)c1OC(C)=O. The third-order valence-electron chi connectivity index (χ3n) is 4.66. The molecule has 1 atom stereocenters. The zero-order valence-electron chi connectivity index (χ0n) is 16.9. The molecule has 29 heavy (non-hydrogen) atoms. The van der Waals surface area contributed by atoms with Crippen LogP contribution in [0, 0.1) is 5.92 Å². The van der Waals surface area contributed by atoms with E-state index in [2.05, 4.69) is 17.5 Å². The predicted molar refractivity (Wildman–Crippen MR) is 111 cm³/mol. The van der Waals surface area contributed by atoms with Crippen molar-refractivity contribution in [2.75, 3.05) is 14.2 Å². The fourth-order valence-corrected chi connectivity index (χ4v) is 4.36. The van der Waals surface area contributed by atoms with E-state index >= 15 is 0 Å². The van der Waals surface area contributed by atoms with E-state index in [1.54, 1.807) is 12.1 Å². The van der Waals surface area contributed by atoms with Crippen molar-refractivity contribution in [2.24, 2.45) is 11.0 Å². The topological polar surface area (TPSA) is 86.2 Å². The normalized spacial score (nSPS) is 15.7. The average Bonchev–Trinajstić information content (AvgIpc) is 3.11. The van der Waals surface area contributed by atoms with E-state index in [1.807, 2.05) is 6.07 Å². The van der Waals surface area contributed by atoms with Gasteiger partial charge in [0, 0.05) is 17.4 Å². The number of carbonyl (C=O) groups is 2. The lowest BCUT2D eigenvalue weighted by molar-refractivity contribution is -0.132. The summed E-state index contributed by atoms with van der Waals surface area (Å²) < 4.78 is 15.7. The first-order chi connectivity index (χ1) is 13.9. The van der Waals surface area contributed by atoms with E-state index in [-0.39, 0.29) is 11.7 Å². The second kappa shape index (κ2) is 9.09. The van der Waals surface area contributed by atoms with E-state index in [1.165, 1.54) is 55.6 Å². The minimum absolute atomic E-state index is 0.196. The van der Waals surface area contributed by atoms with E-state index in [4.69, 9.17) is 14.2 Å². The number of aryl methyl sites for hydroxylation is 1. The van der Waals surface area contributed by atoms with Gasteiger partial charge in [0.25, 0.3) is 5.91 Å². The number of hydrogen-bond acceptors (Lipinski definition) is 7. The molecule has 7 nitrogen and oxygen atoms in total. The lowest BCUT2D eigenvalue weighted by atomic mass is 9.90. The summed E-state index contributed by atoms with van der Waals surface area (Å²) in [6.45, 7) is 3.53. The highest BCUT2D eigenvalue weighted by Gasteiger charge is 2.20. The number of hydrogen-bond donors (Lipinski definition) is 1. The number of ether oxygens (including phenoxy) is 3. The van der Waals surface area contributed by atoms with Crippen LogP contribution in [0.5, 0.6) is 17.2 Å². The molecule has 0 spiro atoms. The van der Waals surface area contributed by atoms with Crippen LogP contribution in [0.15, 0.2) is 23.3 Å². The van der Waals surface area contributed by atoms with Crippen molar-refractivity contribution < 1.29 is 23.8 Å². The lowest BCUT2D eigenvalue weighted by Crippen LogP contribution is -2.16. The minimum atomic E-state index is -0.483. The van der Waals surface area contributed by atoms with Crippen LogP contribution in [0.1, 0.15) is 45.9 Å². The average molecular weight is 416 g/mol. The number of carbonyl (C=O) groups excluding carboxylic acids is 2. The number of nitrogens with one attached hydrogen (secondary N) is 1. The summed E-state index contributed by atoms with van der Waals surface area (Å²) in [5, 5.41) is 4.04. The largest absolute Gasteiger partial charge is 0.493 e. The zero-order valence-corrected chi connectivity index (χ0v) is 17.7. The van der Waals surface area contributed by atoms with Crippen LogP contribution in [0.25, 0.3) is 0 Å². The molecule has 154 valence electrons.